The molecule has 1 heterocycles. The molecule has 1 aliphatic heterocycles. The number of carbonyl (C=O) groups is 3. The van der Waals surface area contributed by atoms with E-state index in [9.17, 15) is 14.4 Å². The van der Waals surface area contributed by atoms with Crippen molar-refractivity contribution < 1.29 is 19.1 Å². The fourth-order valence-corrected chi connectivity index (χ4v) is 5.45. The highest BCUT2D eigenvalue weighted by atomic mass is 16.5. The molecule has 1 saturated heterocycles. The van der Waals surface area contributed by atoms with E-state index in [1.54, 1.807) is 26.2 Å². The van der Waals surface area contributed by atoms with Crippen molar-refractivity contribution in [2.24, 2.45) is 5.92 Å². The van der Waals surface area contributed by atoms with Gasteiger partial charge < -0.3 is 20.3 Å². The number of benzene rings is 1. The average molecular weight is 551 g/mol. The van der Waals surface area contributed by atoms with E-state index in [4.69, 9.17) is 4.74 Å². The molecule has 2 fully saturated rings. The number of amides is 3. The third kappa shape index (κ3) is 9.66. The van der Waals surface area contributed by atoms with Crippen LogP contribution in [0.5, 0.6) is 0 Å². The van der Waals surface area contributed by atoms with Crippen LogP contribution in [0.3, 0.4) is 0 Å². The molecule has 1 aromatic carbocycles. The SMILES string of the molecule is C=C/C=C(/OC)C(=C)CN1CCN(C(=O)C(Cc2ccc(NC(=O)CC3CCCCC3)cc2)NC(=O)CC)CC1. The predicted molar refractivity (Wildman–Crippen MR) is 160 cm³/mol. The zero-order chi connectivity index (χ0) is 28.9. The smallest absolute Gasteiger partial charge is 0.245 e. The van der Waals surface area contributed by atoms with Crippen molar-refractivity contribution in [1.29, 1.82) is 0 Å². The maximum atomic E-state index is 13.5. The Morgan fingerprint density at radius 1 is 1.05 bits per heavy atom. The van der Waals surface area contributed by atoms with E-state index < -0.39 is 6.04 Å². The first-order valence-corrected chi connectivity index (χ1v) is 14.6. The number of carbonyl (C=O) groups excluding carboxylic acids is 3. The Hall–Kier alpha value is -3.39. The molecular weight excluding hydrogens is 504 g/mol. The Bertz CT molecular complexity index is 1050. The highest BCUT2D eigenvalue weighted by molar-refractivity contribution is 5.91. The molecule has 8 nitrogen and oxygen atoms in total. The van der Waals surface area contributed by atoms with Gasteiger partial charge in [0.05, 0.1) is 7.11 Å². The molecule has 1 saturated carbocycles. The first-order chi connectivity index (χ1) is 19.3. The molecule has 0 bridgehead atoms. The Labute approximate surface area is 239 Å². The van der Waals surface area contributed by atoms with Crippen LogP contribution in [0.25, 0.3) is 0 Å². The highest BCUT2D eigenvalue weighted by Crippen LogP contribution is 2.26. The minimum Gasteiger partial charge on any atom is -0.496 e. The normalized spacial score (nSPS) is 17.6. The van der Waals surface area contributed by atoms with E-state index in [-0.39, 0.29) is 17.7 Å². The molecule has 218 valence electrons. The van der Waals surface area contributed by atoms with E-state index in [1.807, 2.05) is 29.2 Å². The van der Waals surface area contributed by atoms with Crippen molar-refractivity contribution in [3.63, 3.8) is 0 Å². The number of piperazine rings is 1. The van der Waals surface area contributed by atoms with Gasteiger partial charge in [0.25, 0.3) is 0 Å². The summed E-state index contributed by atoms with van der Waals surface area (Å²) in [7, 11) is 1.61. The van der Waals surface area contributed by atoms with Crippen LogP contribution in [-0.4, -0.2) is 73.4 Å². The van der Waals surface area contributed by atoms with Crippen molar-refractivity contribution in [2.45, 2.75) is 64.3 Å². The van der Waals surface area contributed by atoms with Gasteiger partial charge >= 0.3 is 0 Å². The van der Waals surface area contributed by atoms with Crippen LogP contribution in [0, 0.1) is 5.92 Å². The largest absolute Gasteiger partial charge is 0.496 e. The van der Waals surface area contributed by atoms with E-state index in [0.29, 0.717) is 63.7 Å². The summed E-state index contributed by atoms with van der Waals surface area (Å²) < 4.78 is 5.38. The molecule has 3 rings (SSSR count). The quantitative estimate of drug-likeness (QED) is 0.280. The zero-order valence-corrected chi connectivity index (χ0v) is 24.3. The van der Waals surface area contributed by atoms with Gasteiger partial charge in [-0.3, -0.25) is 19.3 Å². The van der Waals surface area contributed by atoms with Crippen LogP contribution >= 0.6 is 0 Å². The van der Waals surface area contributed by atoms with Gasteiger partial charge in [-0.2, -0.15) is 0 Å². The maximum absolute atomic E-state index is 13.5. The summed E-state index contributed by atoms with van der Waals surface area (Å²) in [5, 5.41) is 5.93. The van der Waals surface area contributed by atoms with Gasteiger partial charge in [-0.15, -0.1) is 0 Å². The number of nitrogens with one attached hydrogen (secondary N) is 2. The molecule has 2 aliphatic rings. The van der Waals surface area contributed by atoms with Crippen molar-refractivity contribution in [1.82, 2.24) is 15.1 Å². The molecule has 2 N–H and O–H groups in total. The minimum atomic E-state index is -0.642. The molecule has 0 radical (unpaired) electrons. The lowest BCUT2D eigenvalue weighted by molar-refractivity contribution is -0.137. The Morgan fingerprint density at radius 3 is 2.33 bits per heavy atom. The molecule has 40 heavy (non-hydrogen) atoms. The second-order valence-electron chi connectivity index (χ2n) is 10.8. The number of nitrogens with zero attached hydrogens (tertiary/aromatic N) is 2. The number of methoxy groups -OCH3 is 1. The van der Waals surface area contributed by atoms with Gasteiger partial charge in [-0.25, -0.2) is 0 Å². The van der Waals surface area contributed by atoms with Gasteiger partial charge in [0.1, 0.15) is 11.8 Å². The molecule has 1 aromatic rings. The maximum Gasteiger partial charge on any atom is 0.245 e. The van der Waals surface area contributed by atoms with Gasteiger partial charge in [-0.1, -0.05) is 57.6 Å². The van der Waals surface area contributed by atoms with E-state index in [2.05, 4.69) is 28.7 Å². The third-order valence-corrected chi connectivity index (χ3v) is 7.77. The van der Waals surface area contributed by atoms with Crippen molar-refractivity contribution in [3.8, 4) is 0 Å². The van der Waals surface area contributed by atoms with Gasteiger partial charge in [0, 0.05) is 63.2 Å². The molecular formula is C32H46N4O4. The fourth-order valence-electron chi connectivity index (χ4n) is 5.45. The van der Waals surface area contributed by atoms with E-state index >= 15 is 0 Å². The number of hydrogen-bond acceptors (Lipinski definition) is 5. The zero-order valence-electron chi connectivity index (χ0n) is 24.3. The predicted octanol–water partition coefficient (Wildman–Crippen LogP) is 4.45. The van der Waals surface area contributed by atoms with Crippen LogP contribution < -0.4 is 10.6 Å². The second-order valence-corrected chi connectivity index (χ2v) is 10.8. The molecule has 8 heteroatoms. The van der Waals surface area contributed by atoms with Crippen molar-refractivity contribution in [2.75, 3.05) is 45.2 Å². The van der Waals surface area contributed by atoms with Crippen LogP contribution in [0.1, 0.15) is 57.4 Å². The first kappa shape index (κ1) is 31.1. The number of rotatable bonds is 13. The topological polar surface area (TPSA) is 91.0 Å². The summed E-state index contributed by atoms with van der Waals surface area (Å²) in [5.74, 6) is 1.02. The number of allylic oxidation sites excluding steroid dienone is 2. The van der Waals surface area contributed by atoms with Crippen molar-refractivity contribution >= 4 is 23.4 Å². The monoisotopic (exact) mass is 550 g/mol. The van der Waals surface area contributed by atoms with Gasteiger partial charge in [-0.05, 0) is 42.5 Å². The summed E-state index contributed by atoms with van der Waals surface area (Å²) in [6.45, 7) is 12.8. The summed E-state index contributed by atoms with van der Waals surface area (Å²) in [4.78, 5) is 42.3. The third-order valence-electron chi connectivity index (χ3n) is 7.77. The molecule has 0 spiro atoms. The Morgan fingerprint density at radius 2 is 1.73 bits per heavy atom. The average Bonchev–Trinajstić information content (AvgIpc) is 2.96. The lowest BCUT2D eigenvalue weighted by Gasteiger charge is -2.37. The Kier molecular flexibility index (Phi) is 12.5. The molecule has 1 aliphatic carbocycles. The van der Waals surface area contributed by atoms with Crippen molar-refractivity contribution in [3.05, 3.63) is 66.5 Å². The van der Waals surface area contributed by atoms with Gasteiger partial charge in [0.2, 0.25) is 17.7 Å². The Balaban J connectivity index is 1.55. The lowest BCUT2D eigenvalue weighted by Crippen LogP contribution is -2.55. The first-order valence-electron chi connectivity index (χ1n) is 14.6. The standard InChI is InChI=1S/C32H46N4O4/c1-5-10-29(40-4)24(3)23-35-17-19-36(20-18-35)32(39)28(34-30(37)6-2)21-26-13-15-27(16-14-26)33-31(38)22-25-11-8-7-9-12-25/h5,10,13-16,25,28H,1,3,6-9,11-12,17-23H2,2,4H3,(H,33,38)(H,34,37)/b29-10+. The number of ether oxygens (including phenoxy) is 1. The number of anilines is 1. The summed E-state index contributed by atoms with van der Waals surface area (Å²) in [6, 6.07) is 6.94. The van der Waals surface area contributed by atoms with Crippen LogP contribution in [0.15, 0.2) is 60.9 Å². The van der Waals surface area contributed by atoms with Crippen LogP contribution in [-0.2, 0) is 25.5 Å². The van der Waals surface area contributed by atoms with E-state index in [1.165, 1.54) is 19.3 Å². The highest BCUT2D eigenvalue weighted by Gasteiger charge is 2.29. The minimum absolute atomic E-state index is 0.0563. The second kappa shape index (κ2) is 16.0. The van der Waals surface area contributed by atoms with Gasteiger partial charge in [0.15, 0.2) is 0 Å². The molecule has 1 atom stereocenters. The molecule has 3 amide bonds. The number of hydrogen-bond donors (Lipinski definition) is 2. The summed E-state index contributed by atoms with van der Waals surface area (Å²) in [5.41, 5.74) is 2.54. The molecule has 0 aromatic heterocycles. The summed E-state index contributed by atoms with van der Waals surface area (Å²) >= 11 is 0. The van der Waals surface area contributed by atoms with E-state index in [0.717, 1.165) is 29.7 Å². The fraction of sp³-hybridized carbons (Fsp3) is 0.531. The summed E-state index contributed by atoms with van der Waals surface area (Å²) in [6.07, 6.45) is 10.7. The lowest BCUT2D eigenvalue weighted by atomic mass is 9.87. The van der Waals surface area contributed by atoms with Crippen LogP contribution in [0.2, 0.25) is 0 Å². The van der Waals surface area contributed by atoms with Crippen LogP contribution in [0.4, 0.5) is 5.69 Å². The molecule has 1 unspecified atom stereocenters.